The molecule has 3 heterocycles. The van der Waals surface area contributed by atoms with Crippen LogP contribution in [0.5, 0.6) is 0 Å². The van der Waals surface area contributed by atoms with Crippen molar-refractivity contribution in [2.24, 2.45) is 5.92 Å². The third kappa shape index (κ3) is 2.12. The van der Waals surface area contributed by atoms with E-state index in [1.807, 2.05) is 0 Å². The number of ether oxygens (including phenoxy) is 3. The van der Waals surface area contributed by atoms with Crippen LogP contribution in [0.15, 0.2) is 0 Å². The van der Waals surface area contributed by atoms with Crippen LogP contribution in [0.2, 0.25) is 0 Å². The number of rotatable bonds is 5. The normalized spacial score (nSPS) is 45.2. The number of hydrogen-bond acceptors (Lipinski definition) is 4. The fourth-order valence-corrected chi connectivity index (χ4v) is 3.32. The highest BCUT2D eigenvalue weighted by Crippen LogP contribution is 2.48. The van der Waals surface area contributed by atoms with Crippen molar-refractivity contribution in [3.05, 3.63) is 0 Å². The Hall–Kier alpha value is -0.160. The smallest absolute Gasteiger partial charge is 0.286 e. The van der Waals surface area contributed by atoms with Gasteiger partial charge < -0.3 is 19.3 Å². The predicted octanol–water partition coefficient (Wildman–Crippen LogP) is 1.81. The highest BCUT2D eigenvalue weighted by molar-refractivity contribution is 4.93. The van der Waals surface area contributed by atoms with Gasteiger partial charge in [0.2, 0.25) is 0 Å². The van der Waals surface area contributed by atoms with E-state index in [1.54, 1.807) is 0 Å². The van der Waals surface area contributed by atoms with E-state index in [9.17, 15) is 0 Å². The van der Waals surface area contributed by atoms with Gasteiger partial charge in [0.25, 0.3) is 5.97 Å². The predicted molar refractivity (Wildman–Crippen MR) is 61.3 cm³/mol. The molecule has 0 amide bonds. The maximum atomic E-state index is 8.82. The van der Waals surface area contributed by atoms with Crippen molar-refractivity contribution in [2.45, 2.75) is 69.7 Å². The van der Waals surface area contributed by atoms with Gasteiger partial charge in [0.1, 0.15) is 0 Å². The Morgan fingerprint density at radius 2 is 1.59 bits per heavy atom. The first kappa shape index (κ1) is 11.9. The van der Waals surface area contributed by atoms with Crippen molar-refractivity contribution >= 4 is 0 Å². The van der Waals surface area contributed by atoms with Crippen LogP contribution in [0.3, 0.4) is 0 Å². The Labute approximate surface area is 102 Å². The van der Waals surface area contributed by atoms with Crippen LogP contribution in [-0.4, -0.2) is 36.0 Å². The zero-order chi connectivity index (χ0) is 11.9. The topological polar surface area (TPSA) is 47.9 Å². The number of aliphatic hydroxyl groups is 1. The minimum absolute atomic E-state index is 0.238. The van der Waals surface area contributed by atoms with Gasteiger partial charge in [-0.3, -0.25) is 0 Å². The molecule has 4 nitrogen and oxygen atoms in total. The molecule has 98 valence electrons. The Balaban J connectivity index is 1.64. The van der Waals surface area contributed by atoms with Gasteiger partial charge in [-0.15, -0.1) is 0 Å². The van der Waals surface area contributed by atoms with Gasteiger partial charge in [-0.1, -0.05) is 13.3 Å². The molecule has 0 aromatic heterocycles. The third-order valence-electron chi connectivity index (χ3n) is 4.22. The molecule has 1 saturated carbocycles. The second-order valence-electron chi connectivity index (χ2n) is 5.65. The van der Waals surface area contributed by atoms with E-state index in [0.29, 0.717) is 18.3 Å². The first-order valence-electron chi connectivity index (χ1n) is 6.86. The molecule has 4 aliphatic rings. The summed E-state index contributed by atoms with van der Waals surface area (Å²) in [5.41, 5.74) is 0. The first-order chi connectivity index (χ1) is 8.22. The molecular weight excluding hydrogens is 220 g/mol. The van der Waals surface area contributed by atoms with Crippen molar-refractivity contribution < 1.29 is 19.3 Å². The van der Waals surface area contributed by atoms with E-state index >= 15 is 0 Å². The molecule has 3 saturated heterocycles. The summed E-state index contributed by atoms with van der Waals surface area (Å²) < 4.78 is 18.0. The molecule has 4 fully saturated rings. The van der Waals surface area contributed by atoms with Crippen LogP contribution < -0.4 is 0 Å². The average Bonchev–Trinajstić information content (AvgIpc) is 2.27. The lowest BCUT2D eigenvalue weighted by Gasteiger charge is -2.57. The second-order valence-corrected chi connectivity index (χ2v) is 5.65. The summed E-state index contributed by atoms with van der Waals surface area (Å²) in [4.78, 5) is 0. The zero-order valence-corrected chi connectivity index (χ0v) is 10.4. The summed E-state index contributed by atoms with van der Waals surface area (Å²) >= 11 is 0. The van der Waals surface area contributed by atoms with Crippen LogP contribution in [-0.2, 0) is 14.2 Å². The minimum Gasteiger partial charge on any atom is -0.396 e. The maximum absolute atomic E-state index is 8.82. The van der Waals surface area contributed by atoms with Crippen molar-refractivity contribution in [1.29, 1.82) is 0 Å². The lowest BCUT2D eigenvalue weighted by Crippen LogP contribution is -2.64. The van der Waals surface area contributed by atoms with E-state index < -0.39 is 5.97 Å². The highest BCUT2D eigenvalue weighted by Gasteiger charge is 2.57. The fraction of sp³-hybridized carbons (Fsp3) is 1.00. The van der Waals surface area contributed by atoms with Gasteiger partial charge >= 0.3 is 0 Å². The SMILES string of the molecule is CC(CCCCO)C12OC3CC(CC(C3)O1)O2. The molecule has 17 heavy (non-hydrogen) atoms. The maximum Gasteiger partial charge on any atom is 0.286 e. The van der Waals surface area contributed by atoms with E-state index in [2.05, 4.69) is 6.92 Å². The van der Waals surface area contributed by atoms with Crippen LogP contribution in [0, 0.1) is 5.92 Å². The Kier molecular flexibility index (Phi) is 3.15. The molecular formula is C13H22O4. The summed E-state index contributed by atoms with van der Waals surface area (Å²) in [5, 5.41) is 8.82. The van der Waals surface area contributed by atoms with E-state index in [-0.39, 0.29) is 12.5 Å². The largest absolute Gasteiger partial charge is 0.396 e. The van der Waals surface area contributed by atoms with E-state index in [1.165, 1.54) is 0 Å². The number of aliphatic hydroxyl groups excluding tert-OH is 1. The molecule has 0 radical (unpaired) electrons. The van der Waals surface area contributed by atoms with Crippen molar-refractivity contribution in [1.82, 2.24) is 0 Å². The molecule has 4 bridgehead atoms. The van der Waals surface area contributed by atoms with Gasteiger partial charge in [-0.05, 0) is 12.8 Å². The Morgan fingerprint density at radius 3 is 2.06 bits per heavy atom. The quantitative estimate of drug-likeness (QED) is 0.747. The summed E-state index contributed by atoms with van der Waals surface area (Å²) in [6.45, 7) is 2.39. The van der Waals surface area contributed by atoms with Gasteiger partial charge in [-0.25, -0.2) is 0 Å². The average molecular weight is 242 g/mol. The summed E-state index contributed by atoms with van der Waals surface area (Å²) in [7, 11) is 0. The minimum atomic E-state index is -0.774. The fourth-order valence-electron chi connectivity index (χ4n) is 3.32. The standard InChI is InChI=1S/C13H22O4/c1-9(4-2-3-5-14)13-15-10-6-11(16-13)8-12(7-10)17-13/h9-12,14H,2-8H2,1H3. The van der Waals surface area contributed by atoms with Crippen molar-refractivity contribution in [3.8, 4) is 0 Å². The van der Waals surface area contributed by atoms with Crippen molar-refractivity contribution in [3.63, 3.8) is 0 Å². The summed E-state index contributed by atoms with van der Waals surface area (Å²) in [6, 6.07) is 0. The number of unbranched alkanes of at least 4 members (excludes halogenated alkanes) is 1. The lowest BCUT2D eigenvalue weighted by molar-refractivity contribution is -0.509. The van der Waals surface area contributed by atoms with E-state index in [0.717, 1.165) is 38.5 Å². The Morgan fingerprint density at radius 1 is 1.06 bits per heavy atom. The molecule has 0 aromatic carbocycles. The van der Waals surface area contributed by atoms with Crippen LogP contribution >= 0.6 is 0 Å². The molecule has 0 spiro atoms. The van der Waals surface area contributed by atoms with Gasteiger partial charge in [0.15, 0.2) is 0 Å². The zero-order valence-electron chi connectivity index (χ0n) is 10.4. The molecule has 1 aliphatic carbocycles. The number of hydrogen-bond donors (Lipinski definition) is 1. The second kappa shape index (κ2) is 4.50. The van der Waals surface area contributed by atoms with Crippen molar-refractivity contribution in [2.75, 3.05) is 6.61 Å². The molecule has 0 aromatic rings. The molecule has 1 N–H and O–H groups in total. The Bertz CT molecular complexity index is 243. The molecule has 3 aliphatic heterocycles. The molecule has 1 atom stereocenters. The molecule has 1 unspecified atom stereocenters. The first-order valence-corrected chi connectivity index (χ1v) is 6.86. The van der Waals surface area contributed by atoms with Gasteiger partial charge in [0, 0.05) is 31.8 Å². The lowest BCUT2D eigenvalue weighted by atomic mass is 9.87. The highest BCUT2D eigenvalue weighted by atomic mass is 16.9. The molecule has 4 rings (SSSR count). The summed E-state index contributed by atoms with van der Waals surface area (Å²) in [6.07, 6.45) is 6.92. The van der Waals surface area contributed by atoms with Crippen LogP contribution in [0.4, 0.5) is 0 Å². The van der Waals surface area contributed by atoms with Gasteiger partial charge in [-0.2, -0.15) is 0 Å². The summed E-state index contributed by atoms with van der Waals surface area (Å²) in [5.74, 6) is -0.535. The van der Waals surface area contributed by atoms with Crippen LogP contribution in [0.25, 0.3) is 0 Å². The third-order valence-corrected chi connectivity index (χ3v) is 4.22. The van der Waals surface area contributed by atoms with Gasteiger partial charge in [0.05, 0.1) is 18.3 Å². The van der Waals surface area contributed by atoms with Crippen LogP contribution in [0.1, 0.15) is 45.4 Å². The monoisotopic (exact) mass is 242 g/mol. The molecule has 4 heteroatoms. The van der Waals surface area contributed by atoms with E-state index in [4.69, 9.17) is 19.3 Å².